The van der Waals surface area contributed by atoms with Crippen LogP contribution in [0.5, 0.6) is 17.2 Å². The van der Waals surface area contributed by atoms with Crippen molar-refractivity contribution in [3.05, 3.63) is 57.1 Å². The van der Waals surface area contributed by atoms with Crippen LogP contribution in [0.4, 0.5) is 5.69 Å². The normalized spacial score (nSPS) is 10.1. The summed E-state index contributed by atoms with van der Waals surface area (Å²) in [4.78, 5) is 21.6. The molecule has 0 saturated heterocycles. The number of carbonyl (C=O) groups is 1. The Bertz CT molecular complexity index is 746. The molecule has 114 valence electrons. The van der Waals surface area contributed by atoms with Gasteiger partial charge >= 0.3 is 11.7 Å². The average Bonchev–Trinajstić information content (AvgIpc) is 2.46. The molecule has 0 bridgehead atoms. The highest BCUT2D eigenvalue weighted by atomic mass is 35.5. The summed E-state index contributed by atoms with van der Waals surface area (Å²) in [5.74, 6) is -1.13. The molecule has 0 heterocycles. The molecule has 0 aromatic heterocycles. The Hall–Kier alpha value is -2.80. The molecule has 0 fully saturated rings. The molecule has 0 spiro atoms. The van der Waals surface area contributed by atoms with E-state index in [-0.39, 0.29) is 22.1 Å². The highest BCUT2D eigenvalue weighted by molar-refractivity contribution is 6.33. The molecule has 0 aliphatic heterocycles. The average molecular weight is 324 g/mol. The van der Waals surface area contributed by atoms with E-state index in [1.165, 1.54) is 43.5 Å². The maximum Gasteiger partial charge on any atom is 0.339 e. The first kappa shape index (κ1) is 15.6. The number of hydrogen-bond donors (Lipinski definition) is 1. The molecule has 0 atom stereocenters. The quantitative estimate of drug-likeness (QED) is 0.664. The zero-order valence-corrected chi connectivity index (χ0v) is 12.0. The maximum absolute atomic E-state index is 11.2. The molecular formula is C14H10ClNO6. The van der Waals surface area contributed by atoms with Crippen LogP contribution in [0.3, 0.4) is 0 Å². The third-order valence-electron chi connectivity index (χ3n) is 2.77. The molecule has 0 aliphatic rings. The van der Waals surface area contributed by atoms with Crippen molar-refractivity contribution in [1.29, 1.82) is 0 Å². The predicted octanol–water partition coefficient (Wildman–Crippen LogP) is 3.75. The zero-order valence-electron chi connectivity index (χ0n) is 11.3. The van der Waals surface area contributed by atoms with E-state index in [4.69, 9.17) is 26.2 Å². The Morgan fingerprint density at radius 1 is 1.27 bits per heavy atom. The van der Waals surface area contributed by atoms with Gasteiger partial charge in [-0.05, 0) is 24.3 Å². The van der Waals surface area contributed by atoms with Crippen molar-refractivity contribution in [1.82, 2.24) is 0 Å². The van der Waals surface area contributed by atoms with Gasteiger partial charge in [0.15, 0.2) is 0 Å². The van der Waals surface area contributed by atoms with Gasteiger partial charge in [0, 0.05) is 6.07 Å². The Kier molecular flexibility index (Phi) is 4.47. The molecule has 8 heteroatoms. The van der Waals surface area contributed by atoms with Crippen molar-refractivity contribution in [3.8, 4) is 17.2 Å². The van der Waals surface area contributed by atoms with Crippen molar-refractivity contribution >= 4 is 23.3 Å². The minimum atomic E-state index is -1.23. The van der Waals surface area contributed by atoms with Crippen molar-refractivity contribution in [2.24, 2.45) is 0 Å². The number of nitro groups is 1. The Labute approximate surface area is 129 Å². The fraction of sp³-hybridized carbons (Fsp3) is 0.0714. The second-order valence-electron chi connectivity index (χ2n) is 4.11. The van der Waals surface area contributed by atoms with Crippen LogP contribution in [0.2, 0.25) is 5.02 Å². The number of halogens is 1. The topological polar surface area (TPSA) is 98.9 Å². The number of nitro benzene ring substituents is 1. The van der Waals surface area contributed by atoms with Crippen LogP contribution in [-0.4, -0.2) is 23.1 Å². The fourth-order valence-electron chi connectivity index (χ4n) is 1.76. The third kappa shape index (κ3) is 3.09. The number of hydrogen-bond acceptors (Lipinski definition) is 5. The number of methoxy groups -OCH3 is 1. The molecule has 22 heavy (non-hydrogen) atoms. The fourth-order valence-corrected chi connectivity index (χ4v) is 2.00. The minimum absolute atomic E-state index is 0.0859. The molecule has 0 amide bonds. The number of carboxylic acid groups (broad SMARTS) is 1. The SMILES string of the molecule is COc1ccc(C(=O)O)c(Oc2cccc(Cl)c2[N+](=O)[O-])c1. The van der Waals surface area contributed by atoms with Crippen LogP contribution in [-0.2, 0) is 0 Å². The lowest BCUT2D eigenvalue weighted by Crippen LogP contribution is -2.02. The number of aromatic carboxylic acids is 1. The number of nitrogens with zero attached hydrogens (tertiary/aromatic N) is 1. The van der Waals surface area contributed by atoms with Crippen LogP contribution in [0.1, 0.15) is 10.4 Å². The van der Waals surface area contributed by atoms with Crippen molar-refractivity contribution in [2.75, 3.05) is 7.11 Å². The maximum atomic E-state index is 11.2. The lowest BCUT2D eigenvalue weighted by molar-refractivity contribution is -0.385. The van der Waals surface area contributed by atoms with Crippen molar-refractivity contribution in [2.45, 2.75) is 0 Å². The van der Waals surface area contributed by atoms with E-state index in [9.17, 15) is 14.9 Å². The number of benzene rings is 2. The molecule has 0 aliphatic carbocycles. The summed E-state index contributed by atoms with van der Waals surface area (Å²) in [6, 6.07) is 8.19. The first-order chi connectivity index (χ1) is 10.4. The van der Waals surface area contributed by atoms with Gasteiger partial charge in [-0.1, -0.05) is 17.7 Å². The van der Waals surface area contributed by atoms with E-state index < -0.39 is 16.6 Å². The first-order valence-corrected chi connectivity index (χ1v) is 6.34. The Morgan fingerprint density at radius 2 is 2.00 bits per heavy atom. The highest BCUT2D eigenvalue weighted by Gasteiger charge is 2.22. The summed E-state index contributed by atoms with van der Waals surface area (Å²) in [6.45, 7) is 0. The van der Waals surface area contributed by atoms with Gasteiger partial charge in [0.25, 0.3) is 0 Å². The Balaban J connectivity index is 2.53. The lowest BCUT2D eigenvalue weighted by Gasteiger charge is -2.11. The van der Waals surface area contributed by atoms with E-state index >= 15 is 0 Å². The van der Waals surface area contributed by atoms with Crippen molar-refractivity contribution in [3.63, 3.8) is 0 Å². The number of rotatable bonds is 5. The molecule has 7 nitrogen and oxygen atoms in total. The first-order valence-electron chi connectivity index (χ1n) is 5.96. The van der Waals surface area contributed by atoms with E-state index in [0.29, 0.717) is 5.75 Å². The van der Waals surface area contributed by atoms with Crippen molar-refractivity contribution < 1.29 is 24.3 Å². The third-order valence-corrected chi connectivity index (χ3v) is 3.08. The van der Waals surface area contributed by atoms with Crippen LogP contribution in [0.15, 0.2) is 36.4 Å². The van der Waals surface area contributed by atoms with E-state index in [1.807, 2.05) is 0 Å². The molecule has 0 radical (unpaired) electrons. The summed E-state index contributed by atoms with van der Waals surface area (Å²) >= 11 is 5.79. The van der Waals surface area contributed by atoms with Gasteiger partial charge in [-0.2, -0.15) is 0 Å². The molecule has 2 aromatic rings. The largest absolute Gasteiger partial charge is 0.497 e. The molecule has 2 aromatic carbocycles. The van der Waals surface area contributed by atoms with Crippen LogP contribution < -0.4 is 9.47 Å². The van der Waals surface area contributed by atoms with Gasteiger partial charge < -0.3 is 14.6 Å². The number of carboxylic acids is 1. The summed E-state index contributed by atoms with van der Waals surface area (Å²) in [5.41, 5.74) is -0.599. The van der Waals surface area contributed by atoms with Gasteiger partial charge in [-0.15, -0.1) is 0 Å². The van der Waals surface area contributed by atoms with E-state index in [1.54, 1.807) is 0 Å². The molecule has 2 rings (SSSR count). The van der Waals surface area contributed by atoms with E-state index in [0.717, 1.165) is 0 Å². The van der Waals surface area contributed by atoms with Crippen LogP contribution in [0, 0.1) is 10.1 Å². The standard InChI is InChI=1S/C14H10ClNO6/c1-21-8-5-6-9(14(17)18)12(7-8)22-11-4-2-3-10(15)13(11)16(19)20/h2-7H,1H3,(H,17,18). The second kappa shape index (κ2) is 6.31. The highest BCUT2D eigenvalue weighted by Crippen LogP contribution is 2.38. The summed E-state index contributed by atoms with van der Waals surface area (Å²) in [6.07, 6.45) is 0. The number of ether oxygens (including phenoxy) is 2. The molecule has 0 saturated carbocycles. The summed E-state index contributed by atoms with van der Waals surface area (Å²) in [7, 11) is 1.40. The molecule has 1 N–H and O–H groups in total. The van der Waals surface area contributed by atoms with Gasteiger partial charge in [0.05, 0.1) is 12.0 Å². The monoisotopic (exact) mass is 323 g/mol. The Morgan fingerprint density at radius 3 is 2.59 bits per heavy atom. The van der Waals surface area contributed by atoms with E-state index in [2.05, 4.69) is 0 Å². The number of para-hydroxylation sites is 1. The van der Waals surface area contributed by atoms with Crippen LogP contribution >= 0.6 is 11.6 Å². The lowest BCUT2D eigenvalue weighted by atomic mass is 10.2. The summed E-state index contributed by atoms with van der Waals surface area (Å²) in [5, 5.41) is 20.1. The second-order valence-corrected chi connectivity index (χ2v) is 4.52. The van der Waals surface area contributed by atoms with Gasteiger partial charge in [-0.3, -0.25) is 10.1 Å². The minimum Gasteiger partial charge on any atom is -0.497 e. The van der Waals surface area contributed by atoms with Crippen LogP contribution in [0.25, 0.3) is 0 Å². The van der Waals surface area contributed by atoms with Gasteiger partial charge in [0.1, 0.15) is 22.1 Å². The van der Waals surface area contributed by atoms with Gasteiger partial charge in [0.2, 0.25) is 5.75 Å². The summed E-state index contributed by atoms with van der Waals surface area (Å²) < 4.78 is 10.4. The molecule has 0 unspecified atom stereocenters. The van der Waals surface area contributed by atoms with Gasteiger partial charge in [-0.25, -0.2) is 4.79 Å². The predicted molar refractivity (Wildman–Crippen MR) is 78.1 cm³/mol. The molecular weight excluding hydrogens is 314 g/mol. The zero-order chi connectivity index (χ0) is 16.3. The smallest absolute Gasteiger partial charge is 0.339 e.